The predicted molar refractivity (Wildman–Crippen MR) is 91.0 cm³/mol. The lowest BCUT2D eigenvalue weighted by atomic mass is 9.99. The molecule has 1 aliphatic rings. The summed E-state index contributed by atoms with van der Waals surface area (Å²) in [4.78, 5) is 13.3. The van der Waals surface area contributed by atoms with Gasteiger partial charge in [-0.25, -0.2) is 0 Å². The first-order valence-electron chi connectivity index (χ1n) is 7.18. The van der Waals surface area contributed by atoms with Crippen LogP contribution in [-0.4, -0.2) is 22.1 Å². The summed E-state index contributed by atoms with van der Waals surface area (Å²) < 4.78 is 8.99. The Morgan fingerprint density at radius 1 is 1.30 bits per heavy atom. The van der Waals surface area contributed by atoms with E-state index in [1.165, 1.54) is 0 Å². The minimum atomic E-state index is -0.658. The third-order valence-electron chi connectivity index (χ3n) is 3.56. The summed E-state index contributed by atoms with van der Waals surface area (Å²) in [6, 6.07) is 15.0. The molecule has 0 spiro atoms. The Morgan fingerprint density at radius 3 is 2.83 bits per heavy atom. The van der Waals surface area contributed by atoms with E-state index in [-0.39, 0.29) is 5.91 Å². The van der Waals surface area contributed by atoms with Crippen LogP contribution in [-0.2, 0) is 15.9 Å². The smallest absolute Gasteiger partial charge is 0.265 e. The molecule has 1 heterocycles. The first-order chi connectivity index (χ1) is 11.2. The Labute approximate surface area is 137 Å². The summed E-state index contributed by atoms with van der Waals surface area (Å²) in [6.07, 6.45) is -0.293. The van der Waals surface area contributed by atoms with Crippen molar-refractivity contribution in [2.45, 2.75) is 19.4 Å². The Balaban J connectivity index is 1.87. The van der Waals surface area contributed by atoms with Crippen molar-refractivity contribution in [2.24, 2.45) is 4.53 Å². The fraction of sp³-hybridized carbons (Fsp3) is 0.176. The summed E-state index contributed by atoms with van der Waals surface area (Å²) in [6.45, 7) is 1.98. The van der Waals surface area contributed by atoms with Crippen molar-refractivity contribution >= 4 is 27.6 Å². The topological polar surface area (TPSA) is 70.9 Å². The van der Waals surface area contributed by atoms with Crippen LogP contribution in [0.3, 0.4) is 0 Å². The van der Waals surface area contributed by atoms with Crippen LogP contribution < -0.4 is 10.1 Å². The number of amides is 1. The zero-order chi connectivity index (χ0) is 16.2. The minimum Gasteiger partial charge on any atom is -0.480 e. The Kier molecular flexibility index (Phi) is 4.55. The van der Waals surface area contributed by atoms with Crippen molar-refractivity contribution in [3.05, 3.63) is 59.7 Å². The lowest BCUT2D eigenvalue weighted by molar-refractivity contribution is -0.122. The van der Waals surface area contributed by atoms with Gasteiger partial charge in [0.15, 0.2) is 6.10 Å². The molecule has 2 N–H and O–H groups in total. The number of nitrogens with one attached hydrogen (secondary N) is 1. The van der Waals surface area contributed by atoms with Gasteiger partial charge in [-0.3, -0.25) is 10.0 Å². The van der Waals surface area contributed by atoms with E-state index in [0.717, 1.165) is 32.8 Å². The molecule has 23 heavy (non-hydrogen) atoms. The van der Waals surface area contributed by atoms with Gasteiger partial charge in [0.05, 0.1) is 0 Å². The maximum atomic E-state index is 12.4. The van der Waals surface area contributed by atoms with Crippen LogP contribution in [0.15, 0.2) is 53.1 Å². The molecular formula is C17H16N2O3S. The number of hydrogen-bond donors (Lipinski definition) is 2. The number of anilines is 1. The highest BCUT2D eigenvalue weighted by Gasteiger charge is 2.29. The van der Waals surface area contributed by atoms with Crippen LogP contribution in [0.1, 0.15) is 17.5 Å². The highest BCUT2D eigenvalue weighted by molar-refractivity contribution is 7.69. The number of carbonyl (C=O) groups excluding carboxylic acids is 1. The van der Waals surface area contributed by atoms with E-state index in [9.17, 15) is 4.79 Å². The maximum absolute atomic E-state index is 12.4. The van der Waals surface area contributed by atoms with E-state index >= 15 is 0 Å². The van der Waals surface area contributed by atoms with Gasteiger partial charge in [0.25, 0.3) is 5.91 Å². The number of nitrogens with zero attached hydrogens (tertiary/aromatic N) is 1. The molecule has 2 aromatic rings. The average Bonchev–Trinajstić information content (AvgIpc) is 2.56. The number of aryl methyl sites for hydroxylation is 1. The molecule has 6 heteroatoms. The number of para-hydroxylation sites is 1. The first-order valence-corrected chi connectivity index (χ1v) is 7.95. The zero-order valence-corrected chi connectivity index (χ0v) is 13.3. The summed E-state index contributed by atoms with van der Waals surface area (Å²) in [5.74, 6) is 0.402. The molecule has 2 aromatic carbocycles. The molecule has 0 saturated carbocycles. The SMILES string of the molecule is Cc1ccc2c(c1)C(=S=NO)CC(C(=O)Nc1ccccc1)O2. The second-order valence-corrected chi connectivity index (χ2v) is 6.10. The van der Waals surface area contributed by atoms with E-state index in [2.05, 4.69) is 9.84 Å². The number of fused-ring (bicyclic) bond motifs is 1. The third-order valence-corrected chi connectivity index (χ3v) is 4.25. The monoisotopic (exact) mass is 328 g/mol. The minimum absolute atomic E-state index is 0.224. The van der Waals surface area contributed by atoms with Crippen molar-refractivity contribution in [2.75, 3.05) is 5.32 Å². The van der Waals surface area contributed by atoms with E-state index < -0.39 is 6.10 Å². The summed E-state index contributed by atoms with van der Waals surface area (Å²) in [5.41, 5.74) is 2.67. The standard InChI is InChI=1S/C17H16N2O3S/c1-11-7-8-14-13(9-11)16(23-19-21)10-15(22-14)17(20)18-12-5-3-2-4-6-12/h2-9,15,21H,10H2,1H3,(H,18,20). The second kappa shape index (κ2) is 6.76. The highest BCUT2D eigenvalue weighted by Crippen LogP contribution is 2.29. The van der Waals surface area contributed by atoms with Gasteiger partial charge in [0.1, 0.15) is 5.75 Å². The molecule has 0 radical (unpaired) electrons. The molecule has 0 bridgehead atoms. The van der Waals surface area contributed by atoms with Crippen LogP contribution in [0.25, 0.3) is 0 Å². The predicted octanol–water partition coefficient (Wildman–Crippen LogP) is 2.96. The van der Waals surface area contributed by atoms with Gasteiger partial charge >= 0.3 is 0 Å². The van der Waals surface area contributed by atoms with E-state index in [4.69, 9.17) is 9.94 Å². The van der Waals surface area contributed by atoms with E-state index in [1.807, 2.05) is 55.5 Å². The van der Waals surface area contributed by atoms with Crippen molar-refractivity contribution in [3.63, 3.8) is 0 Å². The van der Waals surface area contributed by atoms with Gasteiger partial charge in [-0.05, 0) is 42.3 Å². The van der Waals surface area contributed by atoms with Gasteiger partial charge in [0, 0.05) is 22.5 Å². The van der Waals surface area contributed by atoms with Gasteiger partial charge in [0.2, 0.25) is 0 Å². The Hall–Kier alpha value is -2.44. The van der Waals surface area contributed by atoms with E-state index in [1.54, 1.807) is 0 Å². The molecule has 118 valence electrons. The molecule has 1 unspecified atom stereocenters. The Morgan fingerprint density at radius 2 is 2.09 bits per heavy atom. The second-order valence-electron chi connectivity index (χ2n) is 5.26. The van der Waals surface area contributed by atoms with E-state index in [0.29, 0.717) is 12.2 Å². The van der Waals surface area contributed by atoms with Crippen molar-refractivity contribution in [1.82, 2.24) is 0 Å². The lowest BCUT2D eigenvalue weighted by Crippen LogP contribution is -2.38. The maximum Gasteiger partial charge on any atom is 0.265 e. The lowest BCUT2D eigenvalue weighted by Gasteiger charge is -2.26. The van der Waals surface area contributed by atoms with Gasteiger partial charge in [-0.1, -0.05) is 34.4 Å². The summed E-state index contributed by atoms with van der Waals surface area (Å²) in [7, 11) is 0. The average molecular weight is 328 g/mol. The third kappa shape index (κ3) is 3.49. The number of ether oxygens (including phenoxy) is 1. The van der Waals surface area contributed by atoms with Crippen molar-refractivity contribution in [3.8, 4) is 5.75 Å². The molecule has 0 saturated heterocycles. The highest BCUT2D eigenvalue weighted by atomic mass is 32.1. The number of carbonyl (C=O) groups is 1. The largest absolute Gasteiger partial charge is 0.480 e. The normalized spacial score (nSPS) is 16.1. The number of hydrogen-bond acceptors (Lipinski definition) is 3. The van der Waals surface area contributed by atoms with Crippen LogP contribution >= 0.6 is 0 Å². The van der Waals surface area contributed by atoms with Crippen LogP contribution in [0.5, 0.6) is 5.75 Å². The van der Waals surface area contributed by atoms with Crippen LogP contribution in [0.4, 0.5) is 5.69 Å². The zero-order valence-electron chi connectivity index (χ0n) is 12.5. The van der Waals surface area contributed by atoms with Crippen molar-refractivity contribution in [1.29, 1.82) is 0 Å². The first kappa shape index (κ1) is 15.5. The molecule has 0 aromatic heterocycles. The summed E-state index contributed by atoms with van der Waals surface area (Å²) >= 11 is 0.968. The number of rotatable bonds is 2. The quantitative estimate of drug-likeness (QED) is 0.658. The molecule has 0 fully saturated rings. The molecule has 1 aliphatic heterocycles. The molecule has 5 nitrogen and oxygen atoms in total. The molecule has 3 rings (SSSR count). The fourth-order valence-corrected chi connectivity index (χ4v) is 3.05. The van der Waals surface area contributed by atoms with Crippen LogP contribution in [0.2, 0.25) is 0 Å². The fourth-order valence-electron chi connectivity index (χ4n) is 2.46. The summed E-state index contributed by atoms with van der Waals surface area (Å²) in [5, 5.41) is 11.7. The van der Waals surface area contributed by atoms with Crippen molar-refractivity contribution < 1.29 is 14.7 Å². The number of benzene rings is 2. The Bertz CT molecular complexity index is 799. The van der Waals surface area contributed by atoms with Gasteiger partial charge < -0.3 is 10.1 Å². The van der Waals surface area contributed by atoms with Gasteiger partial charge in [-0.2, -0.15) is 0 Å². The molecule has 1 atom stereocenters. The molecule has 1 amide bonds. The molecular weight excluding hydrogens is 312 g/mol. The van der Waals surface area contributed by atoms with Gasteiger partial charge in [-0.15, -0.1) is 0 Å². The molecule has 0 aliphatic carbocycles. The van der Waals surface area contributed by atoms with Crippen LogP contribution in [0, 0.1) is 6.92 Å².